The fraction of sp³-hybridized carbons (Fsp3) is 0.500. The molecule has 3 heteroatoms. The number of aromatic nitrogens is 2. The van der Waals surface area contributed by atoms with Gasteiger partial charge in [-0.05, 0) is 0 Å². The Bertz CT molecular complexity index is 183. The number of rotatable bonds is 0. The molecule has 2 rings (SSSR count). The Morgan fingerprint density at radius 1 is 1.56 bits per heavy atom. The summed E-state index contributed by atoms with van der Waals surface area (Å²) in [6.45, 7) is 2.80. The molecule has 0 aromatic carbocycles. The van der Waals surface area contributed by atoms with E-state index in [0.29, 0.717) is 0 Å². The van der Waals surface area contributed by atoms with Crippen molar-refractivity contribution in [3.05, 3.63) is 18.2 Å². The second-order valence-corrected chi connectivity index (χ2v) is 2.18. The number of hydrogen-bond donors (Lipinski definition) is 0. The topological polar surface area (TPSA) is 31.9 Å². The van der Waals surface area contributed by atoms with Crippen LogP contribution >= 0.6 is 0 Å². The highest BCUT2D eigenvalue weighted by atomic mass is 15.1. The summed E-state index contributed by atoms with van der Waals surface area (Å²) in [5, 5.41) is 4.23. The van der Waals surface area contributed by atoms with Crippen LogP contribution in [0.4, 0.5) is 0 Å². The zero-order valence-corrected chi connectivity index (χ0v) is 5.12. The van der Waals surface area contributed by atoms with Gasteiger partial charge in [0.25, 0.3) is 0 Å². The van der Waals surface area contributed by atoms with Crippen molar-refractivity contribution in [1.29, 1.82) is 0 Å². The van der Waals surface area contributed by atoms with Gasteiger partial charge in [0, 0.05) is 19.3 Å². The van der Waals surface area contributed by atoms with E-state index in [1.807, 2.05) is 12.5 Å². The molecular formula is C6H8N3. The predicted octanol–water partition coefficient (Wildman–Crippen LogP) is 0.00110. The highest BCUT2D eigenvalue weighted by Gasteiger charge is 2.06. The summed E-state index contributed by atoms with van der Waals surface area (Å²) in [6, 6.07) is 0. The first-order valence-corrected chi connectivity index (χ1v) is 3.09. The van der Waals surface area contributed by atoms with Crippen LogP contribution in [0.2, 0.25) is 0 Å². The maximum Gasteiger partial charge on any atom is 0.0949 e. The minimum absolute atomic E-state index is 0.847. The number of fused-ring (bicyclic) bond motifs is 1. The molecule has 0 N–H and O–H groups in total. The van der Waals surface area contributed by atoms with Crippen LogP contribution in [0.25, 0.3) is 0 Å². The highest BCUT2D eigenvalue weighted by molar-refractivity contribution is 4.99. The third-order valence-electron chi connectivity index (χ3n) is 1.57. The summed E-state index contributed by atoms with van der Waals surface area (Å²) in [5.74, 6) is 0. The molecule has 0 saturated carbocycles. The molecular weight excluding hydrogens is 114 g/mol. The Kier molecular flexibility index (Phi) is 1.02. The normalized spacial score (nSPS) is 17.3. The summed E-state index contributed by atoms with van der Waals surface area (Å²) in [5.41, 5.74) is 1.24. The maximum absolute atomic E-state index is 4.23. The lowest BCUT2D eigenvalue weighted by molar-refractivity contribution is 0.507. The van der Waals surface area contributed by atoms with Crippen LogP contribution in [0.3, 0.4) is 0 Å². The van der Waals surface area contributed by atoms with E-state index in [1.54, 1.807) is 0 Å². The molecule has 0 spiro atoms. The third kappa shape index (κ3) is 0.733. The second kappa shape index (κ2) is 1.84. The average Bonchev–Trinajstić information content (AvgIpc) is 2.33. The van der Waals surface area contributed by atoms with E-state index < -0.39 is 0 Å². The summed E-state index contributed by atoms with van der Waals surface area (Å²) in [6.07, 6.45) is 3.74. The van der Waals surface area contributed by atoms with Crippen LogP contribution < -0.4 is 5.32 Å². The van der Waals surface area contributed by atoms with Crippen LogP contribution in [-0.2, 0) is 13.1 Å². The van der Waals surface area contributed by atoms with E-state index >= 15 is 0 Å². The molecule has 0 atom stereocenters. The van der Waals surface area contributed by atoms with Gasteiger partial charge >= 0.3 is 0 Å². The quantitative estimate of drug-likeness (QED) is 0.476. The zero-order chi connectivity index (χ0) is 6.10. The standard InChI is InChI=1S/C6H8N3/c1-2-9-5-8-4-6(9)3-7-1/h4-5H,1-3H2. The molecule has 0 saturated heterocycles. The van der Waals surface area contributed by atoms with Crippen LogP contribution in [0.15, 0.2) is 12.5 Å². The predicted molar refractivity (Wildman–Crippen MR) is 32.9 cm³/mol. The maximum atomic E-state index is 4.23. The lowest BCUT2D eigenvalue weighted by Gasteiger charge is -2.12. The van der Waals surface area contributed by atoms with Gasteiger partial charge < -0.3 is 4.57 Å². The van der Waals surface area contributed by atoms with Crippen molar-refractivity contribution in [2.75, 3.05) is 6.54 Å². The Hall–Kier alpha value is -0.830. The molecule has 1 aromatic heterocycles. The molecule has 0 amide bonds. The van der Waals surface area contributed by atoms with Crippen LogP contribution in [0.1, 0.15) is 5.69 Å². The van der Waals surface area contributed by atoms with Gasteiger partial charge in [-0.2, -0.15) is 0 Å². The van der Waals surface area contributed by atoms with Gasteiger partial charge in [0.1, 0.15) is 0 Å². The van der Waals surface area contributed by atoms with Gasteiger partial charge in [-0.1, -0.05) is 0 Å². The van der Waals surface area contributed by atoms with Gasteiger partial charge in [-0.3, -0.25) is 0 Å². The SMILES string of the molecule is c1ncn2c1C[N]CC2. The summed E-state index contributed by atoms with van der Waals surface area (Å²) in [7, 11) is 0. The molecule has 1 aromatic rings. The molecule has 1 radical (unpaired) electrons. The first kappa shape index (κ1) is 4.99. The van der Waals surface area contributed by atoms with Gasteiger partial charge in [-0.15, -0.1) is 0 Å². The van der Waals surface area contributed by atoms with E-state index in [4.69, 9.17) is 0 Å². The summed E-state index contributed by atoms with van der Waals surface area (Å²) >= 11 is 0. The lowest BCUT2D eigenvalue weighted by Crippen LogP contribution is -2.21. The van der Waals surface area contributed by atoms with Crippen molar-refractivity contribution in [1.82, 2.24) is 14.9 Å². The second-order valence-electron chi connectivity index (χ2n) is 2.18. The molecule has 1 aliphatic rings. The minimum Gasteiger partial charge on any atom is -0.332 e. The molecule has 1 aliphatic heterocycles. The minimum atomic E-state index is 0.847. The molecule has 0 aliphatic carbocycles. The van der Waals surface area contributed by atoms with E-state index in [9.17, 15) is 0 Å². The van der Waals surface area contributed by atoms with Crippen molar-refractivity contribution >= 4 is 0 Å². The van der Waals surface area contributed by atoms with E-state index in [2.05, 4.69) is 14.9 Å². The van der Waals surface area contributed by atoms with Crippen LogP contribution in [0.5, 0.6) is 0 Å². The molecule has 0 bridgehead atoms. The molecule has 0 unspecified atom stereocenters. The Balaban J connectivity index is 2.39. The third-order valence-corrected chi connectivity index (χ3v) is 1.57. The van der Waals surface area contributed by atoms with Gasteiger partial charge in [-0.25, -0.2) is 10.3 Å². The summed E-state index contributed by atoms with van der Waals surface area (Å²) in [4.78, 5) is 4.01. The van der Waals surface area contributed by atoms with Crippen LogP contribution in [-0.4, -0.2) is 16.1 Å². The number of nitrogens with zero attached hydrogens (tertiary/aromatic N) is 3. The first-order valence-electron chi connectivity index (χ1n) is 3.09. The molecule has 0 fully saturated rings. The van der Waals surface area contributed by atoms with E-state index in [0.717, 1.165) is 19.6 Å². The van der Waals surface area contributed by atoms with Crippen molar-refractivity contribution < 1.29 is 0 Å². The van der Waals surface area contributed by atoms with Crippen molar-refractivity contribution in [3.63, 3.8) is 0 Å². The molecule has 9 heavy (non-hydrogen) atoms. The number of hydrogen-bond acceptors (Lipinski definition) is 1. The Morgan fingerprint density at radius 2 is 2.56 bits per heavy atom. The smallest absolute Gasteiger partial charge is 0.0949 e. The van der Waals surface area contributed by atoms with Gasteiger partial charge in [0.05, 0.1) is 18.6 Å². The fourth-order valence-corrected chi connectivity index (χ4v) is 1.05. The Morgan fingerprint density at radius 3 is 3.44 bits per heavy atom. The van der Waals surface area contributed by atoms with Crippen LogP contribution in [0, 0.1) is 0 Å². The van der Waals surface area contributed by atoms with E-state index in [-0.39, 0.29) is 0 Å². The zero-order valence-electron chi connectivity index (χ0n) is 5.12. The largest absolute Gasteiger partial charge is 0.332 e. The lowest BCUT2D eigenvalue weighted by atomic mass is 10.4. The monoisotopic (exact) mass is 122 g/mol. The highest BCUT2D eigenvalue weighted by Crippen LogP contribution is 2.02. The number of imidazole rings is 1. The van der Waals surface area contributed by atoms with Gasteiger partial charge in [0.2, 0.25) is 0 Å². The fourth-order valence-electron chi connectivity index (χ4n) is 1.05. The average molecular weight is 122 g/mol. The molecule has 3 nitrogen and oxygen atoms in total. The van der Waals surface area contributed by atoms with Crippen molar-refractivity contribution in [3.8, 4) is 0 Å². The van der Waals surface area contributed by atoms with Crippen molar-refractivity contribution in [2.24, 2.45) is 0 Å². The first-order chi connectivity index (χ1) is 4.47. The van der Waals surface area contributed by atoms with Gasteiger partial charge in [0.15, 0.2) is 0 Å². The molecule has 47 valence electrons. The Labute approximate surface area is 53.7 Å². The summed E-state index contributed by atoms with van der Waals surface area (Å²) < 4.78 is 2.15. The van der Waals surface area contributed by atoms with Crippen molar-refractivity contribution in [2.45, 2.75) is 13.1 Å². The molecule has 2 heterocycles. The van der Waals surface area contributed by atoms with E-state index in [1.165, 1.54) is 5.69 Å².